The molecule has 1 atom stereocenters. The van der Waals surface area contributed by atoms with Gasteiger partial charge in [0, 0.05) is 18.2 Å². The second kappa shape index (κ2) is 7.92. The predicted octanol–water partition coefficient (Wildman–Crippen LogP) is 3.69. The van der Waals surface area contributed by atoms with Gasteiger partial charge in [0.2, 0.25) is 5.91 Å². The Morgan fingerprint density at radius 1 is 1.29 bits per heavy atom. The molecule has 150 valence electrons. The van der Waals surface area contributed by atoms with Crippen LogP contribution in [0.1, 0.15) is 33.6 Å². The molecule has 28 heavy (non-hydrogen) atoms. The number of aromatic nitrogens is 1. The van der Waals surface area contributed by atoms with Gasteiger partial charge in [-0.25, -0.2) is 4.79 Å². The van der Waals surface area contributed by atoms with Crippen LogP contribution >= 0.6 is 0 Å². The predicted molar refractivity (Wildman–Crippen MR) is 103 cm³/mol. The van der Waals surface area contributed by atoms with Crippen molar-refractivity contribution in [1.29, 1.82) is 0 Å². The van der Waals surface area contributed by atoms with Crippen molar-refractivity contribution in [3.8, 4) is 17.1 Å². The van der Waals surface area contributed by atoms with Gasteiger partial charge in [-0.3, -0.25) is 9.69 Å². The van der Waals surface area contributed by atoms with Gasteiger partial charge in [0.1, 0.15) is 17.4 Å². The van der Waals surface area contributed by atoms with Crippen LogP contribution in [0.3, 0.4) is 0 Å². The molecule has 0 saturated carbocycles. The van der Waals surface area contributed by atoms with Crippen molar-refractivity contribution < 1.29 is 23.6 Å². The maximum absolute atomic E-state index is 12.7. The van der Waals surface area contributed by atoms with E-state index < -0.39 is 17.7 Å². The molecule has 2 amide bonds. The van der Waals surface area contributed by atoms with Crippen molar-refractivity contribution in [2.75, 3.05) is 19.0 Å². The Hall–Kier alpha value is -3.03. The molecule has 0 aliphatic carbocycles. The van der Waals surface area contributed by atoms with Crippen LogP contribution in [0.4, 0.5) is 10.6 Å². The molecule has 1 saturated heterocycles. The summed E-state index contributed by atoms with van der Waals surface area (Å²) in [6, 6.07) is 8.38. The first-order chi connectivity index (χ1) is 13.3. The average molecular weight is 387 g/mol. The molecule has 3 rings (SSSR count). The number of carbonyl (C=O) groups excluding carboxylic acids is 2. The number of anilines is 1. The standard InChI is InChI=1S/C20H25N3O5/c1-20(2,3)27-19(25)23-10-6-9-15(23)18(24)21-17-12-16(28-22-17)13-7-5-8-14(11-13)26-4/h5,7-8,11-12,15H,6,9-10H2,1-4H3,(H,21,22,24)/t15-/m0/s1. The maximum atomic E-state index is 12.7. The summed E-state index contributed by atoms with van der Waals surface area (Å²) in [6.07, 6.45) is 0.832. The van der Waals surface area contributed by atoms with E-state index >= 15 is 0 Å². The lowest BCUT2D eigenvalue weighted by molar-refractivity contribution is -0.120. The lowest BCUT2D eigenvalue weighted by atomic mass is 10.1. The summed E-state index contributed by atoms with van der Waals surface area (Å²) in [6.45, 7) is 5.88. The molecule has 2 aromatic rings. The summed E-state index contributed by atoms with van der Waals surface area (Å²) < 4.78 is 15.9. The van der Waals surface area contributed by atoms with E-state index in [1.807, 2.05) is 24.3 Å². The number of methoxy groups -OCH3 is 1. The normalized spacial score (nSPS) is 16.7. The molecule has 1 N–H and O–H groups in total. The summed E-state index contributed by atoms with van der Waals surface area (Å²) in [5.41, 5.74) is 0.168. The number of carbonyl (C=O) groups is 2. The van der Waals surface area contributed by atoms with Crippen LogP contribution in [0.25, 0.3) is 11.3 Å². The van der Waals surface area contributed by atoms with Crippen molar-refractivity contribution in [2.45, 2.75) is 45.3 Å². The van der Waals surface area contributed by atoms with Crippen LogP contribution in [0.2, 0.25) is 0 Å². The highest BCUT2D eigenvalue weighted by molar-refractivity contribution is 5.96. The van der Waals surface area contributed by atoms with Gasteiger partial charge in [0.15, 0.2) is 11.6 Å². The van der Waals surface area contributed by atoms with Gasteiger partial charge >= 0.3 is 6.09 Å². The van der Waals surface area contributed by atoms with Crippen LogP contribution in [-0.2, 0) is 9.53 Å². The fourth-order valence-corrected chi connectivity index (χ4v) is 3.03. The Bertz CT molecular complexity index is 856. The van der Waals surface area contributed by atoms with Gasteiger partial charge in [-0.15, -0.1) is 0 Å². The van der Waals surface area contributed by atoms with Gasteiger partial charge in [-0.2, -0.15) is 0 Å². The molecule has 0 spiro atoms. The van der Waals surface area contributed by atoms with Gasteiger partial charge < -0.3 is 19.3 Å². The zero-order valence-corrected chi connectivity index (χ0v) is 16.5. The van der Waals surface area contributed by atoms with Crippen LogP contribution in [0, 0.1) is 0 Å². The molecule has 1 fully saturated rings. The van der Waals surface area contributed by atoms with Crippen LogP contribution in [0.5, 0.6) is 5.75 Å². The van der Waals surface area contributed by atoms with Crippen molar-refractivity contribution >= 4 is 17.8 Å². The molecule has 8 nitrogen and oxygen atoms in total. The Morgan fingerprint density at radius 2 is 2.07 bits per heavy atom. The molecule has 0 bridgehead atoms. The van der Waals surface area contributed by atoms with Crippen molar-refractivity contribution in [3.63, 3.8) is 0 Å². The molecule has 1 aliphatic heterocycles. The number of hydrogen-bond acceptors (Lipinski definition) is 6. The molecule has 8 heteroatoms. The third-order valence-corrected chi connectivity index (χ3v) is 4.30. The quantitative estimate of drug-likeness (QED) is 0.860. The van der Waals surface area contributed by atoms with Crippen LogP contribution in [0.15, 0.2) is 34.9 Å². The van der Waals surface area contributed by atoms with E-state index in [9.17, 15) is 9.59 Å². The van der Waals surface area contributed by atoms with E-state index in [0.717, 1.165) is 12.0 Å². The van der Waals surface area contributed by atoms with Gasteiger partial charge in [-0.05, 0) is 45.7 Å². The first-order valence-corrected chi connectivity index (χ1v) is 9.18. The zero-order valence-electron chi connectivity index (χ0n) is 16.5. The number of amides is 2. The Kier molecular flexibility index (Phi) is 5.58. The zero-order chi connectivity index (χ0) is 20.3. The first kappa shape index (κ1) is 19.7. The van der Waals surface area contributed by atoms with Gasteiger partial charge in [0.25, 0.3) is 0 Å². The number of benzene rings is 1. The molecular formula is C20H25N3O5. The van der Waals surface area contributed by atoms with Crippen molar-refractivity contribution in [1.82, 2.24) is 10.1 Å². The summed E-state index contributed by atoms with van der Waals surface area (Å²) >= 11 is 0. The Labute approximate surface area is 163 Å². The summed E-state index contributed by atoms with van der Waals surface area (Å²) in [5.74, 6) is 1.18. The third kappa shape index (κ3) is 4.62. The monoisotopic (exact) mass is 387 g/mol. The maximum Gasteiger partial charge on any atom is 0.410 e. The SMILES string of the molecule is COc1cccc(-c2cc(NC(=O)[C@@H]3CCCN3C(=O)OC(C)(C)C)no2)c1. The van der Waals surface area contributed by atoms with E-state index in [0.29, 0.717) is 30.3 Å². The minimum atomic E-state index is -0.613. The van der Waals surface area contributed by atoms with Crippen LogP contribution in [-0.4, -0.2) is 47.4 Å². The first-order valence-electron chi connectivity index (χ1n) is 9.18. The average Bonchev–Trinajstić information content (AvgIpc) is 3.30. The molecule has 0 radical (unpaired) electrons. The van der Waals surface area contributed by atoms with Crippen LogP contribution < -0.4 is 10.1 Å². The molecule has 2 heterocycles. The highest BCUT2D eigenvalue weighted by Gasteiger charge is 2.36. The number of hydrogen-bond donors (Lipinski definition) is 1. The fourth-order valence-electron chi connectivity index (χ4n) is 3.03. The number of likely N-dealkylation sites (tertiary alicyclic amines) is 1. The van der Waals surface area contributed by atoms with Crippen molar-refractivity contribution in [2.24, 2.45) is 0 Å². The lowest BCUT2D eigenvalue weighted by Gasteiger charge is -2.27. The second-order valence-corrected chi connectivity index (χ2v) is 7.63. The second-order valence-electron chi connectivity index (χ2n) is 7.63. The highest BCUT2D eigenvalue weighted by Crippen LogP contribution is 2.27. The Morgan fingerprint density at radius 3 is 2.79 bits per heavy atom. The van der Waals surface area contributed by atoms with E-state index in [2.05, 4.69) is 10.5 Å². The minimum absolute atomic E-state index is 0.291. The highest BCUT2D eigenvalue weighted by atomic mass is 16.6. The molecule has 1 aromatic heterocycles. The van der Waals surface area contributed by atoms with E-state index in [-0.39, 0.29) is 5.91 Å². The van der Waals surface area contributed by atoms with Gasteiger partial charge in [0.05, 0.1) is 7.11 Å². The van der Waals surface area contributed by atoms with E-state index in [1.54, 1.807) is 33.9 Å². The molecular weight excluding hydrogens is 362 g/mol. The minimum Gasteiger partial charge on any atom is -0.497 e. The van der Waals surface area contributed by atoms with E-state index in [4.69, 9.17) is 14.0 Å². The van der Waals surface area contributed by atoms with Gasteiger partial charge in [-0.1, -0.05) is 17.3 Å². The number of ether oxygens (including phenoxy) is 2. The number of nitrogens with one attached hydrogen (secondary N) is 1. The molecule has 1 aromatic carbocycles. The molecule has 1 aliphatic rings. The Balaban J connectivity index is 1.67. The fraction of sp³-hybridized carbons (Fsp3) is 0.450. The lowest BCUT2D eigenvalue weighted by Crippen LogP contribution is -2.45. The summed E-state index contributed by atoms with van der Waals surface area (Å²) in [4.78, 5) is 26.5. The van der Waals surface area contributed by atoms with Crippen molar-refractivity contribution in [3.05, 3.63) is 30.3 Å². The third-order valence-electron chi connectivity index (χ3n) is 4.30. The smallest absolute Gasteiger partial charge is 0.410 e. The summed E-state index contributed by atoms with van der Waals surface area (Å²) in [5, 5.41) is 6.63. The summed E-state index contributed by atoms with van der Waals surface area (Å²) in [7, 11) is 1.59. The molecule has 0 unspecified atom stereocenters. The topological polar surface area (TPSA) is 93.9 Å². The van der Waals surface area contributed by atoms with E-state index in [1.165, 1.54) is 4.90 Å². The number of nitrogens with zero attached hydrogens (tertiary/aromatic N) is 2. The number of rotatable bonds is 4. The largest absolute Gasteiger partial charge is 0.497 e.